The minimum atomic E-state index is -2.63. The lowest BCUT2D eigenvalue weighted by Gasteiger charge is -2.56. The number of ether oxygens (including phenoxy) is 8. The van der Waals surface area contributed by atoms with Crippen molar-refractivity contribution in [2.24, 2.45) is 11.8 Å². The van der Waals surface area contributed by atoms with E-state index in [0.29, 0.717) is 51.3 Å². The molecule has 6 heterocycles. The first-order valence-corrected chi connectivity index (χ1v) is 56.6. The fourth-order valence-corrected chi connectivity index (χ4v) is 22.9. The Labute approximate surface area is 646 Å². The molecule has 0 bridgehead atoms. The maximum atomic E-state index is 13.9. The molecule has 0 amide bonds. The van der Waals surface area contributed by atoms with Gasteiger partial charge in [0.25, 0.3) is 0 Å². The predicted molar refractivity (Wildman–Crippen MR) is 440 cm³/mol. The maximum absolute atomic E-state index is 13.9. The first kappa shape index (κ1) is 89.4. The summed E-state index contributed by atoms with van der Waals surface area (Å²) >= 11 is 1.53. The van der Waals surface area contributed by atoms with Gasteiger partial charge >= 0.3 is 0 Å². The topological polar surface area (TPSA) is 160 Å². The first-order valence-electron chi connectivity index (χ1n) is 38.7. The highest BCUT2D eigenvalue weighted by molar-refractivity contribution is 14.1. The molecule has 588 valence electrons. The van der Waals surface area contributed by atoms with Crippen LogP contribution in [0.2, 0.25) is 90.7 Å². The van der Waals surface area contributed by atoms with E-state index in [-0.39, 0.29) is 103 Å². The van der Waals surface area contributed by atoms with E-state index in [1.54, 1.807) is 17.8 Å². The van der Waals surface area contributed by atoms with E-state index in [9.17, 15) is 8.76 Å². The molecule has 0 radical (unpaired) electrons. The van der Waals surface area contributed by atoms with Crippen molar-refractivity contribution in [3.05, 3.63) is 63.8 Å². The number of hydrogen-bond acceptors (Lipinski definition) is 16. The van der Waals surface area contributed by atoms with Gasteiger partial charge < -0.3 is 64.6 Å². The Kier molecular flexibility index (Phi) is 31.1. The van der Waals surface area contributed by atoms with Crippen LogP contribution < -0.4 is 0 Å². The van der Waals surface area contributed by atoms with Gasteiger partial charge in [-0.15, -0.1) is 0 Å². The average molecular weight is 1660 g/mol. The van der Waals surface area contributed by atoms with Crippen molar-refractivity contribution < 1.29 is 68.8 Å². The largest absolute Gasteiger partial charge is 0.768 e. The predicted octanol–water partition coefficient (Wildman–Crippen LogP) is 20.3. The second kappa shape index (κ2) is 35.5. The highest BCUT2D eigenvalue weighted by Crippen LogP contribution is 2.53. The van der Waals surface area contributed by atoms with Crippen LogP contribution in [0.1, 0.15) is 198 Å². The van der Waals surface area contributed by atoms with Gasteiger partial charge in [-0.3, -0.25) is 4.21 Å². The molecule has 0 aromatic heterocycles. The van der Waals surface area contributed by atoms with Crippen LogP contribution in [0, 0.1) is 11.8 Å². The molecule has 23 heteroatoms. The molecular formula is C79H142IO15S2Si5-. The lowest BCUT2D eigenvalue weighted by Crippen LogP contribution is -2.69. The summed E-state index contributed by atoms with van der Waals surface area (Å²) in [4.78, 5) is 0.273. The zero-order chi connectivity index (χ0) is 76.5. The van der Waals surface area contributed by atoms with Crippen molar-refractivity contribution in [3.63, 3.8) is 0 Å². The van der Waals surface area contributed by atoms with Crippen molar-refractivity contribution >= 4 is 87.0 Å². The summed E-state index contributed by atoms with van der Waals surface area (Å²) in [5.41, 5.74) is 4.01. The average Bonchev–Trinajstić information content (AvgIpc) is 0.897. The molecule has 102 heavy (non-hydrogen) atoms. The third-order valence-corrected chi connectivity index (χ3v) is 50.9. The number of rotatable bonds is 31. The third-order valence-electron chi connectivity index (χ3n) is 25.8. The summed E-state index contributed by atoms with van der Waals surface area (Å²) < 4.78 is 123. The lowest BCUT2D eigenvalue weighted by molar-refractivity contribution is -0.266. The molecule has 0 N–H and O–H groups in total. The van der Waals surface area contributed by atoms with Crippen LogP contribution in [0.3, 0.4) is 0 Å². The van der Waals surface area contributed by atoms with Crippen LogP contribution in [0.5, 0.6) is 0 Å². The number of fused-ring (bicyclic) bond motifs is 1. The molecule has 0 saturated carbocycles. The Morgan fingerprint density at radius 1 is 0.686 bits per heavy atom. The van der Waals surface area contributed by atoms with Crippen molar-refractivity contribution in [2.75, 3.05) is 32.7 Å². The van der Waals surface area contributed by atoms with E-state index in [0.717, 1.165) is 67.2 Å². The summed E-state index contributed by atoms with van der Waals surface area (Å²) in [6, 6.07) is 5.87. The zero-order valence-corrected chi connectivity index (χ0v) is 77.5. The van der Waals surface area contributed by atoms with E-state index < -0.39 is 94.5 Å². The smallest absolute Gasteiger partial charge is 0.193 e. The third kappa shape index (κ3) is 22.3. The van der Waals surface area contributed by atoms with Gasteiger partial charge in [0, 0.05) is 42.9 Å². The van der Waals surface area contributed by atoms with Crippen LogP contribution >= 0.6 is 34.4 Å². The highest BCUT2D eigenvalue weighted by Gasteiger charge is 2.59. The molecule has 5 unspecified atom stereocenters. The number of halogens is 1. The van der Waals surface area contributed by atoms with Gasteiger partial charge in [-0.25, -0.2) is 0 Å². The number of hydrogen-bond donors (Lipinski definition) is 0. The van der Waals surface area contributed by atoms with E-state index >= 15 is 0 Å². The quantitative estimate of drug-likeness (QED) is 0.0299. The second-order valence-electron chi connectivity index (χ2n) is 38.4. The van der Waals surface area contributed by atoms with Gasteiger partial charge in [-0.2, -0.15) is 11.8 Å². The molecule has 6 aliphatic heterocycles. The van der Waals surface area contributed by atoms with Crippen LogP contribution in [-0.2, 0) is 77.5 Å². The Morgan fingerprint density at radius 2 is 1.25 bits per heavy atom. The number of methoxy groups -OCH3 is 1. The van der Waals surface area contributed by atoms with Gasteiger partial charge in [-0.05, 0) is 198 Å². The van der Waals surface area contributed by atoms with Gasteiger partial charge in [0.15, 0.2) is 47.9 Å². The molecule has 19 atom stereocenters. The Morgan fingerprint density at radius 3 is 1.81 bits per heavy atom. The molecule has 7 rings (SSSR count). The monoisotopic (exact) mass is 1660 g/mol. The van der Waals surface area contributed by atoms with Crippen LogP contribution in [0.25, 0.3) is 0 Å². The number of thioether (sulfide) groups is 1. The Hall–Kier alpha value is 0.194. The van der Waals surface area contributed by atoms with Crippen molar-refractivity contribution in [2.45, 2.75) is 387 Å². The molecule has 0 spiro atoms. The van der Waals surface area contributed by atoms with E-state index in [2.05, 4.69) is 229 Å². The summed E-state index contributed by atoms with van der Waals surface area (Å²) in [6.45, 7) is 73.1. The van der Waals surface area contributed by atoms with Crippen LogP contribution in [-0.4, -0.2) is 181 Å². The Balaban J connectivity index is 1.31. The molecular weight excluding hydrogens is 1520 g/mol. The molecule has 15 nitrogen and oxygen atoms in total. The highest BCUT2D eigenvalue weighted by atomic mass is 127. The molecule has 6 saturated heterocycles. The van der Waals surface area contributed by atoms with Crippen LogP contribution in [0.15, 0.2) is 57.6 Å². The van der Waals surface area contributed by atoms with Gasteiger partial charge in [-0.1, -0.05) is 166 Å². The van der Waals surface area contributed by atoms with Crippen molar-refractivity contribution in [1.29, 1.82) is 0 Å². The van der Waals surface area contributed by atoms with Crippen molar-refractivity contribution in [1.82, 2.24) is 0 Å². The van der Waals surface area contributed by atoms with E-state index in [4.69, 9.17) is 66.6 Å². The number of benzene rings is 1. The van der Waals surface area contributed by atoms with Gasteiger partial charge in [0.2, 0.25) is 0 Å². The minimum Gasteiger partial charge on any atom is -0.768 e. The molecule has 6 fully saturated rings. The minimum absolute atomic E-state index is 0.00627. The van der Waals surface area contributed by atoms with Gasteiger partial charge in [0.05, 0.1) is 92.2 Å². The molecule has 6 aliphatic rings. The SMILES string of the molecule is C=C1C[C@H](CCC2OCCO2)O[C@H]1CC[C@H]1C[C@H](C)C(=C)[C@@H](C[C@@H]2O[C@H](C[C@@H](CO[Si](C)(C)C(C)(C)C)O[Si](C)(C)C(C)(C)C)[C@H](OC)[C@H]2CSC(c2cc(CC)ccc2S(=O)[O-])[C@H]2CC[C@@H]3O[C@@H](C(/C=C/I)O[Si](C)(C)C(C)(C)C)C(O[Si](C)(C)C(C)(C)C)C(O[Si](C)(C)C(C)(C)C)[C@H]3O2)O1. The second-order valence-corrected chi connectivity index (χ2v) is 65.1. The molecule has 1 aromatic rings. The summed E-state index contributed by atoms with van der Waals surface area (Å²) in [5, 5.41) is -0.919. The van der Waals surface area contributed by atoms with E-state index in [1.165, 1.54) is 0 Å². The van der Waals surface area contributed by atoms with Crippen molar-refractivity contribution in [3.8, 4) is 0 Å². The van der Waals surface area contributed by atoms with Crippen LogP contribution in [0.4, 0.5) is 0 Å². The molecule has 1 aromatic carbocycles. The fraction of sp³-hybridized carbons (Fsp3) is 0.848. The normalized spacial score (nSPS) is 30.9. The summed E-state index contributed by atoms with van der Waals surface area (Å²) in [7, 11) is -10.4. The zero-order valence-electron chi connectivity index (χ0n) is 68.7. The number of aryl methyl sites for hydroxylation is 1. The Bertz CT molecular complexity index is 2950. The fourth-order valence-electron chi connectivity index (χ4n) is 14.0. The molecule has 0 aliphatic carbocycles. The lowest BCUT2D eigenvalue weighted by atomic mass is 9.83. The summed E-state index contributed by atoms with van der Waals surface area (Å²) in [5.74, 6) is 0.580. The first-order chi connectivity index (χ1) is 46.9. The standard InChI is InChI=1S/C79H143IO15S2Si5/c1-31-54-32-38-67(97(81)82)58(46-54)74(63-37-36-61-70(91-63)72(94-101(27,28)78(14,15)16)73(95-102(29,30)79(17,18)19)71(90-61)62(40-41-80)93-100(25,26)77(11,12)13)96-50-59-65(89-66(69(59)83-20)47-57(92-99(23,24)76(8,9)10)49-86-98(21,22)75(5,6)7)48-64-53(4)51(2)44-55(88-64)33-35-60-52(3)45-56(87-60)34-39-68-84-42-43-85-68/h32,38,40-41,46,51,55-57,59-66,68-74H,3-4,31,33-37,39,42-45,47-50H2,1-2,5-30H3,(H,81,82)/p-1/b41-40+/t51-,55-,56-,57-,59-,60-,61-,62?,63+,64+,65-,66+,69+,70-,71-,72?,73?,74?/m0/s1. The maximum Gasteiger partial charge on any atom is 0.193 e. The summed E-state index contributed by atoms with van der Waals surface area (Å²) in [6.07, 6.45) is 5.09. The van der Waals surface area contributed by atoms with Gasteiger partial charge in [0.1, 0.15) is 24.4 Å². The van der Waals surface area contributed by atoms with E-state index in [1.807, 2.05) is 13.2 Å².